The number of fused-ring (bicyclic) bond motifs is 2. The molecule has 2 aromatic rings. The van der Waals surface area contributed by atoms with Crippen molar-refractivity contribution in [2.45, 2.75) is 25.7 Å². The summed E-state index contributed by atoms with van der Waals surface area (Å²) in [5.41, 5.74) is 8.63. The van der Waals surface area contributed by atoms with E-state index in [9.17, 15) is 14.4 Å². The number of nitrogens with zero attached hydrogens (tertiary/aromatic N) is 1. The predicted octanol–water partition coefficient (Wildman–Crippen LogP) is 1.72. The predicted molar refractivity (Wildman–Crippen MR) is 107 cm³/mol. The van der Waals surface area contributed by atoms with E-state index in [0.29, 0.717) is 23.6 Å². The number of aryl methyl sites for hydroxylation is 2. The number of ether oxygens (including phenoxy) is 2. The van der Waals surface area contributed by atoms with Gasteiger partial charge < -0.3 is 14.4 Å². The van der Waals surface area contributed by atoms with Gasteiger partial charge in [-0.2, -0.15) is 0 Å². The summed E-state index contributed by atoms with van der Waals surface area (Å²) < 4.78 is 10.5. The Bertz CT molecular complexity index is 1050. The van der Waals surface area contributed by atoms with Gasteiger partial charge >= 0.3 is 0 Å². The minimum atomic E-state index is -0.525. The Balaban J connectivity index is 1.20. The zero-order valence-electron chi connectivity index (χ0n) is 16.3. The Hall–Kier alpha value is -3.55. The van der Waals surface area contributed by atoms with Crippen molar-refractivity contribution in [2.24, 2.45) is 5.92 Å². The molecule has 0 bridgehead atoms. The van der Waals surface area contributed by atoms with Crippen LogP contribution in [0.5, 0.6) is 11.5 Å². The van der Waals surface area contributed by atoms with Gasteiger partial charge in [0.2, 0.25) is 18.6 Å². The summed E-state index contributed by atoms with van der Waals surface area (Å²) in [5, 5.41) is 0. The van der Waals surface area contributed by atoms with E-state index in [0.717, 1.165) is 24.9 Å². The Kier molecular flexibility index (Phi) is 4.54. The molecule has 3 amide bonds. The average Bonchev–Trinajstić information content (AvgIpc) is 3.49. The summed E-state index contributed by atoms with van der Waals surface area (Å²) in [7, 11) is 0. The van der Waals surface area contributed by atoms with Crippen molar-refractivity contribution in [1.82, 2.24) is 10.9 Å². The van der Waals surface area contributed by atoms with Gasteiger partial charge in [-0.1, -0.05) is 6.07 Å². The summed E-state index contributed by atoms with van der Waals surface area (Å²) in [6, 6.07) is 10.9. The normalized spacial score (nSPS) is 19.0. The zero-order chi connectivity index (χ0) is 20.7. The summed E-state index contributed by atoms with van der Waals surface area (Å²) >= 11 is 0. The number of hydrazine groups is 1. The van der Waals surface area contributed by atoms with Gasteiger partial charge in [0.1, 0.15) is 0 Å². The van der Waals surface area contributed by atoms with Gasteiger partial charge in [-0.15, -0.1) is 0 Å². The third-order valence-electron chi connectivity index (χ3n) is 5.82. The van der Waals surface area contributed by atoms with Crippen LogP contribution in [0.2, 0.25) is 0 Å². The Labute approximate surface area is 173 Å². The molecule has 5 rings (SSSR count). The van der Waals surface area contributed by atoms with Gasteiger partial charge in [-0.25, -0.2) is 0 Å². The average molecular weight is 407 g/mol. The number of carbonyl (C=O) groups is 3. The van der Waals surface area contributed by atoms with E-state index in [4.69, 9.17) is 9.47 Å². The molecule has 154 valence electrons. The van der Waals surface area contributed by atoms with Crippen LogP contribution in [0.15, 0.2) is 36.4 Å². The molecular weight excluding hydrogens is 386 g/mol. The molecule has 0 spiro atoms. The van der Waals surface area contributed by atoms with Crippen molar-refractivity contribution in [3.05, 3.63) is 53.1 Å². The van der Waals surface area contributed by atoms with Crippen LogP contribution in [0.25, 0.3) is 0 Å². The number of hydrogen-bond donors (Lipinski definition) is 2. The highest BCUT2D eigenvalue weighted by Crippen LogP contribution is 2.33. The molecule has 1 fully saturated rings. The molecule has 0 radical (unpaired) electrons. The van der Waals surface area contributed by atoms with E-state index < -0.39 is 11.8 Å². The molecule has 30 heavy (non-hydrogen) atoms. The maximum Gasteiger partial charge on any atom is 0.269 e. The summed E-state index contributed by atoms with van der Waals surface area (Å²) in [6.07, 6.45) is 3.36. The molecule has 8 heteroatoms. The van der Waals surface area contributed by atoms with E-state index in [1.54, 1.807) is 23.1 Å². The number of anilines is 1. The molecule has 0 unspecified atom stereocenters. The molecule has 0 aromatic heterocycles. The molecule has 3 aliphatic rings. The number of carbonyl (C=O) groups excluding carboxylic acids is 3. The van der Waals surface area contributed by atoms with Gasteiger partial charge in [0.25, 0.3) is 5.91 Å². The fourth-order valence-electron chi connectivity index (χ4n) is 4.19. The second-order valence-electron chi connectivity index (χ2n) is 7.72. The molecule has 1 aliphatic carbocycles. The first kappa shape index (κ1) is 18.5. The van der Waals surface area contributed by atoms with E-state index in [-0.39, 0.29) is 25.0 Å². The molecule has 2 aliphatic heterocycles. The molecule has 2 aromatic carbocycles. The molecule has 8 nitrogen and oxygen atoms in total. The lowest BCUT2D eigenvalue weighted by Gasteiger charge is -2.18. The summed E-state index contributed by atoms with van der Waals surface area (Å²) in [5.74, 6) is -0.410. The first-order chi connectivity index (χ1) is 14.6. The maximum atomic E-state index is 12.5. The smallest absolute Gasteiger partial charge is 0.269 e. The molecule has 1 atom stereocenters. The largest absolute Gasteiger partial charge is 0.454 e. The highest BCUT2D eigenvalue weighted by Gasteiger charge is 2.35. The van der Waals surface area contributed by atoms with Crippen molar-refractivity contribution in [2.75, 3.05) is 18.2 Å². The molecule has 2 heterocycles. The molecule has 2 N–H and O–H groups in total. The van der Waals surface area contributed by atoms with E-state index >= 15 is 0 Å². The maximum absolute atomic E-state index is 12.5. The van der Waals surface area contributed by atoms with Crippen LogP contribution in [0.3, 0.4) is 0 Å². The summed E-state index contributed by atoms with van der Waals surface area (Å²) in [6.45, 7) is 0.414. The van der Waals surface area contributed by atoms with Crippen LogP contribution in [0, 0.1) is 5.92 Å². The first-order valence-corrected chi connectivity index (χ1v) is 10.0. The van der Waals surface area contributed by atoms with Crippen LogP contribution < -0.4 is 25.2 Å². The van der Waals surface area contributed by atoms with Gasteiger partial charge in [-0.3, -0.25) is 25.2 Å². The van der Waals surface area contributed by atoms with Crippen LogP contribution in [-0.2, 0) is 22.4 Å². The molecule has 1 saturated heterocycles. The summed E-state index contributed by atoms with van der Waals surface area (Å²) in [4.78, 5) is 39.0. The van der Waals surface area contributed by atoms with Crippen molar-refractivity contribution >= 4 is 23.4 Å². The fraction of sp³-hybridized carbons (Fsp3) is 0.318. The van der Waals surface area contributed by atoms with Crippen LogP contribution in [0.1, 0.15) is 34.3 Å². The monoisotopic (exact) mass is 407 g/mol. The Morgan fingerprint density at radius 2 is 1.80 bits per heavy atom. The van der Waals surface area contributed by atoms with Crippen molar-refractivity contribution in [1.29, 1.82) is 0 Å². The van der Waals surface area contributed by atoms with Gasteiger partial charge in [-0.05, 0) is 60.7 Å². The molecular formula is C22H21N3O5. The number of hydrogen-bond acceptors (Lipinski definition) is 5. The van der Waals surface area contributed by atoms with E-state index in [1.165, 1.54) is 11.1 Å². The second-order valence-corrected chi connectivity index (χ2v) is 7.72. The third kappa shape index (κ3) is 3.34. The van der Waals surface area contributed by atoms with Crippen molar-refractivity contribution in [3.63, 3.8) is 0 Å². The van der Waals surface area contributed by atoms with Gasteiger partial charge in [0, 0.05) is 24.2 Å². The standard InChI is InChI=1S/C22H21N3O5/c26-20-10-16(11-25(20)17-6-4-13-2-1-3-14(13)8-17)22(28)24-23-21(27)15-5-7-18-19(9-15)30-12-29-18/h4-9,16H,1-3,10-12H2,(H,23,27)(H,24,28)/t16-/m0/s1. The van der Waals surface area contributed by atoms with Crippen LogP contribution >= 0.6 is 0 Å². The first-order valence-electron chi connectivity index (χ1n) is 10.0. The number of benzene rings is 2. The Morgan fingerprint density at radius 1 is 0.967 bits per heavy atom. The quantitative estimate of drug-likeness (QED) is 0.756. The Morgan fingerprint density at radius 3 is 2.70 bits per heavy atom. The topological polar surface area (TPSA) is 97.0 Å². The minimum absolute atomic E-state index is 0.0878. The lowest BCUT2D eigenvalue weighted by Crippen LogP contribution is -2.45. The number of nitrogens with one attached hydrogen (secondary N) is 2. The van der Waals surface area contributed by atoms with Crippen molar-refractivity contribution in [3.8, 4) is 11.5 Å². The van der Waals surface area contributed by atoms with Crippen LogP contribution in [-0.4, -0.2) is 31.1 Å². The number of rotatable bonds is 3. The van der Waals surface area contributed by atoms with Gasteiger partial charge in [0.05, 0.1) is 5.92 Å². The van der Waals surface area contributed by atoms with E-state index in [1.807, 2.05) is 6.07 Å². The van der Waals surface area contributed by atoms with E-state index in [2.05, 4.69) is 23.0 Å². The SMILES string of the molecule is O=C(NNC(=O)[C@H]1CC(=O)N(c2ccc3c(c2)CCC3)C1)c1ccc2c(c1)OCO2. The lowest BCUT2D eigenvalue weighted by atomic mass is 10.1. The van der Waals surface area contributed by atoms with Crippen LogP contribution in [0.4, 0.5) is 5.69 Å². The molecule has 0 saturated carbocycles. The minimum Gasteiger partial charge on any atom is -0.454 e. The highest BCUT2D eigenvalue weighted by molar-refractivity contribution is 6.01. The fourth-order valence-corrected chi connectivity index (χ4v) is 4.19. The highest BCUT2D eigenvalue weighted by atomic mass is 16.7. The lowest BCUT2D eigenvalue weighted by molar-refractivity contribution is -0.126. The third-order valence-corrected chi connectivity index (χ3v) is 5.82. The second kappa shape index (κ2) is 7.37. The zero-order valence-corrected chi connectivity index (χ0v) is 16.3. The van der Waals surface area contributed by atoms with Gasteiger partial charge in [0.15, 0.2) is 11.5 Å². The number of amides is 3. The van der Waals surface area contributed by atoms with Crippen molar-refractivity contribution < 1.29 is 23.9 Å².